The molecule has 13 heavy (non-hydrogen) atoms. The molecule has 0 spiro atoms. The van der Waals surface area contributed by atoms with Crippen molar-refractivity contribution in [3.63, 3.8) is 0 Å². The fourth-order valence-corrected chi connectivity index (χ4v) is 1.06. The van der Waals surface area contributed by atoms with E-state index in [1.807, 2.05) is 0 Å². The number of aromatic nitrogens is 3. The Bertz CT molecular complexity index is 430. The van der Waals surface area contributed by atoms with Crippen LogP contribution >= 0.6 is 0 Å². The van der Waals surface area contributed by atoms with Crippen LogP contribution in [0.15, 0.2) is 24.7 Å². The zero-order chi connectivity index (χ0) is 9.26. The van der Waals surface area contributed by atoms with Gasteiger partial charge in [0.2, 0.25) is 0 Å². The summed E-state index contributed by atoms with van der Waals surface area (Å²) >= 11 is 0. The van der Waals surface area contributed by atoms with E-state index in [1.54, 1.807) is 6.07 Å². The van der Waals surface area contributed by atoms with Crippen LogP contribution in [0.1, 0.15) is 10.4 Å². The summed E-state index contributed by atoms with van der Waals surface area (Å²) in [6.45, 7) is 0. The predicted octanol–water partition coefficient (Wildman–Crippen LogP) is 0.675. The number of hydrogen-bond acceptors (Lipinski definition) is 4. The number of carboxylic acid groups (broad SMARTS) is 1. The molecule has 1 N–H and O–H groups in total. The number of aromatic carboxylic acids is 1. The SMILES string of the molecule is O=C(O)c1cnccc2cnnc1-2. The van der Waals surface area contributed by atoms with Crippen LogP contribution < -0.4 is 0 Å². The van der Waals surface area contributed by atoms with E-state index in [9.17, 15) is 4.79 Å². The molecule has 2 aliphatic heterocycles. The molecule has 2 heterocycles. The Hall–Kier alpha value is -2.04. The number of hydrogen-bond donors (Lipinski definition) is 1. The van der Waals surface area contributed by atoms with Crippen LogP contribution in [-0.4, -0.2) is 26.3 Å². The second kappa shape index (κ2) is 2.78. The third-order valence-electron chi connectivity index (χ3n) is 1.66. The van der Waals surface area contributed by atoms with Gasteiger partial charge in [0.05, 0.1) is 6.20 Å². The molecule has 2 aliphatic rings. The maximum absolute atomic E-state index is 10.7. The van der Waals surface area contributed by atoms with E-state index in [2.05, 4.69) is 15.2 Å². The van der Waals surface area contributed by atoms with Gasteiger partial charge in [-0.05, 0) is 6.07 Å². The number of carbonyl (C=O) groups is 1. The first-order valence-corrected chi connectivity index (χ1v) is 3.58. The van der Waals surface area contributed by atoms with Crippen LogP contribution in [0.4, 0.5) is 0 Å². The summed E-state index contributed by atoms with van der Waals surface area (Å²) in [5, 5.41) is 16.1. The van der Waals surface area contributed by atoms with Crippen LogP contribution in [0.5, 0.6) is 0 Å². The van der Waals surface area contributed by atoms with E-state index in [-0.39, 0.29) is 5.56 Å². The first-order chi connectivity index (χ1) is 6.29. The van der Waals surface area contributed by atoms with Crippen molar-refractivity contribution < 1.29 is 9.90 Å². The molecule has 0 radical (unpaired) electrons. The van der Waals surface area contributed by atoms with Gasteiger partial charge in [0, 0.05) is 18.0 Å². The zero-order valence-corrected chi connectivity index (χ0v) is 6.51. The van der Waals surface area contributed by atoms with Gasteiger partial charge in [0.15, 0.2) is 0 Å². The summed E-state index contributed by atoms with van der Waals surface area (Å²) in [5.41, 5.74) is 1.11. The maximum atomic E-state index is 10.7. The second-order valence-electron chi connectivity index (χ2n) is 2.46. The number of carboxylic acids is 1. The van der Waals surface area contributed by atoms with Gasteiger partial charge in [-0.15, -0.1) is 5.10 Å². The highest BCUT2D eigenvalue weighted by atomic mass is 16.4. The lowest BCUT2D eigenvalue weighted by atomic mass is 10.1. The van der Waals surface area contributed by atoms with Crippen molar-refractivity contribution in [2.75, 3.05) is 0 Å². The summed E-state index contributed by atoms with van der Waals surface area (Å²) in [4.78, 5) is 14.5. The van der Waals surface area contributed by atoms with Crippen molar-refractivity contribution in [1.82, 2.24) is 15.2 Å². The van der Waals surface area contributed by atoms with E-state index in [1.165, 1.54) is 18.6 Å². The first kappa shape index (κ1) is 7.60. The maximum Gasteiger partial charge on any atom is 0.339 e. The Morgan fingerprint density at radius 2 is 2.23 bits per heavy atom. The molecule has 5 heteroatoms. The average molecular weight is 175 g/mol. The van der Waals surface area contributed by atoms with Gasteiger partial charge < -0.3 is 5.11 Å². The molecule has 0 bridgehead atoms. The number of nitrogens with zero attached hydrogens (tertiary/aromatic N) is 3. The molecule has 0 aromatic carbocycles. The summed E-state index contributed by atoms with van der Waals surface area (Å²) < 4.78 is 0. The average Bonchev–Trinajstić information content (AvgIpc) is 2.44. The van der Waals surface area contributed by atoms with E-state index < -0.39 is 5.97 Å². The molecule has 0 saturated heterocycles. The predicted molar refractivity (Wildman–Crippen MR) is 43.4 cm³/mol. The Labute approximate surface area is 73.4 Å². The van der Waals surface area contributed by atoms with E-state index in [0.717, 1.165) is 0 Å². The van der Waals surface area contributed by atoms with Crippen molar-refractivity contribution >= 4 is 5.97 Å². The molecule has 0 saturated carbocycles. The van der Waals surface area contributed by atoms with Gasteiger partial charge in [-0.3, -0.25) is 4.98 Å². The largest absolute Gasteiger partial charge is 0.478 e. The van der Waals surface area contributed by atoms with Crippen molar-refractivity contribution in [2.24, 2.45) is 0 Å². The van der Waals surface area contributed by atoms with Gasteiger partial charge >= 0.3 is 5.97 Å². The molecule has 0 aromatic heterocycles. The standard InChI is InChI=1S/C8H5N3O2/c12-8(13)6-4-9-2-1-5-3-10-11-7(5)6/h1-4H,(H,12,13). The lowest BCUT2D eigenvalue weighted by Crippen LogP contribution is -1.97. The smallest absolute Gasteiger partial charge is 0.339 e. The molecular formula is C8H5N3O2. The molecule has 0 unspecified atom stereocenters. The second-order valence-corrected chi connectivity index (χ2v) is 2.46. The molecule has 0 fully saturated rings. The molecule has 0 aromatic rings. The number of rotatable bonds is 1. The molecule has 5 nitrogen and oxygen atoms in total. The van der Waals surface area contributed by atoms with Crippen molar-refractivity contribution in [1.29, 1.82) is 0 Å². The van der Waals surface area contributed by atoms with E-state index in [4.69, 9.17) is 5.11 Å². The topological polar surface area (TPSA) is 76.0 Å². The molecule has 0 amide bonds. The minimum absolute atomic E-state index is 0.0671. The van der Waals surface area contributed by atoms with E-state index in [0.29, 0.717) is 11.3 Å². The Morgan fingerprint density at radius 1 is 1.38 bits per heavy atom. The summed E-state index contributed by atoms with van der Waals surface area (Å²) in [7, 11) is 0. The third kappa shape index (κ3) is 1.20. The molecular weight excluding hydrogens is 170 g/mol. The van der Waals surface area contributed by atoms with Crippen LogP contribution in [0.2, 0.25) is 0 Å². The van der Waals surface area contributed by atoms with Crippen LogP contribution in [0, 0.1) is 0 Å². The van der Waals surface area contributed by atoms with Gasteiger partial charge in [-0.1, -0.05) is 0 Å². The quantitative estimate of drug-likeness (QED) is 0.689. The van der Waals surface area contributed by atoms with E-state index >= 15 is 0 Å². The van der Waals surface area contributed by atoms with Gasteiger partial charge in [0.25, 0.3) is 0 Å². The lowest BCUT2D eigenvalue weighted by molar-refractivity contribution is 0.0697. The fraction of sp³-hybridized carbons (Fsp3) is 0. The van der Waals surface area contributed by atoms with Crippen LogP contribution in [0.3, 0.4) is 0 Å². The normalized spacial score (nSPS) is 10.2. The third-order valence-corrected chi connectivity index (χ3v) is 1.66. The minimum atomic E-state index is -1.05. The highest BCUT2D eigenvalue weighted by Gasteiger charge is 2.14. The van der Waals surface area contributed by atoms with Crippen molar-refractivity contribution in [3.05, 3.63) is 30.2 Å². The zero-order valence-electron chi connectivity index (χ0n) is 6.51. The lowest BCUT2D eigenvalue weighted by Gasteiger charge is -1.91. The highest BCUT2D eigenvalue weighted by Crippen LogP contribution is 2.19. The summed E-state index contributed by atoms with van der Waals surface area (Å²) in [6, 6.07) is 1.67. The van der Waals surface area contributed by atoms with Gasteiger partial charge in [0.1, 0.15) is 11.3 Å². The molecule has 0 atom stereocenters. The molecule has 2 rings (SSSR count). The van der Waals surface area contributed by atoms with Crippen LogP contribution in [0.25, 0.3) is 11.3 Å². The van der Waals surface area contributed by atoms with Crippen LogP contribution in [-0.2, 0) is 0 Å². The van der Waals surface area contributed by atoms with Gasteiger partial charge in [-0.25, -0.2) is 4.79 Å². The van der Waals surface area contributed by atoms with Crippen molar-refractivity contribution in [3.8, 4) is 11.3 Å². The Balaban J connectivity index is 2.74. The minimum Gasteiger partial charge on any atom is -0.478 e. The summed E-state index contributed by atoms with van der Waals surface area (Å²) in [6.07, 6.45) is 4.28. The number of fused-ring (bicyclic) bond motifs is 1. The molecule has 0 aliphatic carbocycles. The summed E-state index contributed by atoms with van der Waals surface area (Å²) in [5.74, 6) is -1.05. The molecule has 64 valence electrons. The monoisotopic (exact) mass is 175 g/mol. The first-order valence-electron chi connectivity index (χ1n) is 3.58. The Morgan fingerprint density at radius 3 is 3.00 bits per heavy atom. The fourth-order valence-electron chi connectivity index (χ4n) is 1.06. The highest BCUT2D eigenvalue weighted by molar-refractivity contribution is 5.94. The van der Waals surface area contributed by atoms with Crippen molar-refractivity contribution in [2.45, 2.75) is 0 Å². The van der Waals surface area contributed by atoms with Gasteiger partial charge in [-0.2, -0.15) is 5.10 Å². The Kier molecular flexibility index (Phi) is 1.63.